The standard InChI is InChI=1S/C15H11BrCl2O3/c1-20-14-5-3-2-4-9(14)13(19)8-21-15-7-11(17)10(16)6-12(15)18/h2-7H,8H2,1H3. The Labute approximate surface area is 140 Å². The molecule has 2 aromatic rings. The lowest BCUT2D eigenvalue weighted by Gasteiger charge is -2.10. The van der Waals surface area contributed by atoms with Crippen molar-refractivity contribution >= 4 is 44.9 Å². The van der Waals surface area contributed by atoms with Crippen LogP contribution in [0.4, 0.5) is 0 Å². The first-order valence-corrected chi connectivity index (χ1v) is 7.51. The van der Waals surface area contributed by atoms with Gasteiger partial charge in [-0.25, -0.2) is 0 Å². The number of carbonyl (C=O) groups excluding carboxylic acids is 1. The van der Waals surface area contributed by atoms with Gasteiger partial charge in [-0.05, 0) is 34.1 Å². The van der Waals surface area contributed by atoms with Crippen molar-refractivity contribution in [2.75, 3.05) is 13.7 Å². The number of hydrogen-bond donors (Lipinski definition) is 0. The quantitative estimate of drug-likeness (QED) is 0.531. The van der Waals surface area contributed by atoms with E-state index in [0.717, 1.165) is 0 Å². The van der Waals surface area contributed by atoms with Crippen LogP contribution in [0, 0.1) is 0 Å². The largest absolute Gasteiger partial charge is 0.496 e. The van der Waals surface area contributed by atoms with Crippen LogP contribution in [0.5, 0.6) is 11.5 Å². The van der Waals surface area contributed by atoms with Crippen molar-refractivity contribution in [3.63, 3.8) is 0 Å². The molecule has 0 bridgehead atoms. The second-order valence-corrected chi connectivity index (χ2v) is 5.78. The number of para-hydroxylation sites is 1. The maximum absolute atomic E-state index is 12.2. The van der Waals surface area contributed by atoms with Crippen LogP contribution >= 0.6 is 39.1 Å². The number of ether oxygens (including phenoxy) is 2. The molecule has 3 nitrogen and oxygen atoms in total. The molecule has 21 heavy (non-hydrogen) atoms. The van der Waals surface area contributed by atoms with Crippen LogP contribution in [0.15, 0.2) is 40.9 Å². The van der Waals surface area contributed by atoms with Gasteiger partial charge in [-0.2, -0.15) is 0 Å². The first-order valence-electron chi connectivity index (χ1n) is 5.96. The van der Waals surface area contributed by atoms with E-state index in [4.69, 9.17) is 32.7 Å². The van der Waals surface area contributed by atoms with Crippen LogP contribution in [0.25, 0.3) is 0 Å². The van der Waals surface area contributed by atoms with Gasteiger partial charge in [0.15, 0.2) is 6.61 Å². The van der Waals surface area contributed by atoms with Crippen LogP contribution in [0.1, 0.15) is 10.4 Å². The molecule has 0 aromatic heterocycles. The lowest BCUT2D eigenvalue weighted by molar-refractivity contribution is 0.0918. The molecule has 2 aromatic carbocycles. The average molecular weight is 390 g/mol. The Kier molecular flexibility index (Phi) is 5.51. The van der Waals surface area contributed by atoms with Crippen molar-refractivity contribution in [3.05, 3.63) is 56.5 Å². The van der Waals surface area contributed by atoms with Crippen LogP contribution in [-0.2, 0) is 0 Å². The summed E-state index contributed by atoms with van der Waals surface area (Å²) in [5.74, 6) is 0.654. The highest BCUT2D eigenvalue weighted by Crippen LogP contribution is 2.34. The second kappa shape index (κ2) is 7.16. The first kappa shape index (κ1) is 16.1. The minimum Gasteiger partial charge on any atom is -0.496 e. The number of rotatable bonds is 5. The van der Waals surface area contributed by atoms with Gasteiger partial charge in [0, 0.05) is 10.5 Å². The summed E-state index contributed by atoms with van der Waals surface area (Å²) in [5.41, 5.74) is 0.458. The monoisotopic (exact) mass is 388 g/mol. The van der Waals surface area contributed by atoms with Crippen molar-refractivity contribution in [1.82, 2.24) is 0 Å². The molecule has 0 aliphatic heterocycles. The molecule has 0 aliphatic carbocycles. The van der Waals surface area contributed by atoms with Gasteiger partial charge in [0.2, 0.25) is 5.78 Å². The van der Waals surface area contributed by atoms with Gasteiger partial charge in [0.05, 0.1) is 22.7 Å². The Morgan fingerprint density at radius 3 is 2.57 bits per heavy atom. The number of methoxy groups -OCH3 is 1. The Hall–Kier alpha value is -1.23. The van der Waals surface area contributed by atoms with Gasteiger partial charge in [-0.1, -0.05) is 35.3 Å². The smallest absolute Gasteiger partial charge is 0.203 e. The highest BCUT2D eigenvalue weighted by molar-refractivity contribution is 9.10. The molecule has 0 fully saturated rings. The van der Waals surface area contributed by atoms with Crippen molar-refractivity contribution < 1.29 is 14.3 Å². The molecule has 0 amide bonds. The Bertz CT molecular complexity index is 674. The second-order valence-electron chi connectivity index (χ2n) is 4.11. The fourth-order valence-corrected chi connectivity index (χ4v) is 2.56. The molecular formula is C15H11BrCl2O3. The molecule has 0 saturated carbocycles. The predicted octanol–water partition coefficient (Wildman–Crippen LogP) is 5.03. The van der Waals surface area contributed by atoms with E-state index < -0.39 is 0 Å². The summed E-state index contributed by atoms with van der Waals surface area (Å²) in [5, 5.41) is 0.832. The number of ketones is 1. The first-order chi connectivity index (χ1) is 10.0. The van der Waals surface area contributed by atoms with Gasteiger partial charge < -0.3 is 9.47 Å². The normalized spacial score (nSPS) is 10.3. The lowest BCUT2D eigenvalue weighted by atomic mass is 10.1. The summed E-state index contributed by atoms with van der Waals surface area (Å²) in [6.45, 7) is -0.155. The molecule has 0 unspecified atom stereocenters. The zero-order chi connectivity index (χ0) is 15.4. The third-order valence-electron chi connectivity index (χ3n) is 2.74. The van der Waals surface area contributed by atoms with Crippen molar-refractivity contribution in [1.29, 1.82) is 0 Å². The maximum Gasteiger partial charge on any atom is 0.203 e. The van der Waals surface area contributed by atoms with Gasteiger partial charge in [0.25, 0.3) is 0 Å². The fraction of sp³-hybridized carbons (Fsp3) is 0.133. The van der Waals surface area contributed by atoms with E-state index in [1.165, 1.54) is 7.11 Å². The summed E-state index contributed by atoms with van der Waals surface area (Å²) in [6, 6.07) is 10.1. The van der Waals surface area contributed by atoms with Crippen molar-refractivity contribution in [3.8, 4) is 11.5 Å². The third kappa shape index (κ3) is 3.90. The summed E-state index contributed by atoms with van der Waals surface area (Å²) in [4.78, 5) is 12.2. The molecule has 0 atom stereocenters. The summed E-state index contributed by atoms with van der Waals surface area (Å²) < 4.78 is 11.3. The summed E-state index contributed by atoms with van der Waals surface area (Å²) in [7, 11) is 1.51. The van der Waals surface area contributed by atoms with E-state index in [-0.39, 0.29) is 12.4 Å². The molecule has 0 spiro atoms. The molecule has 0 aliphatic rings. The minimum atomic E-state index is -0.206. The van der Waals surface area contributed by atoms with E-state index in [0.29, 0.717) is 31.6 Å². The molecule has 0 saturated heterocycles. The summed E-state index contributed by atoms with van der Waals surface area (Å²) in [6.07, 6.45) is 0. The molecule has 0 N–H and O–H groups in total. The van der Waals surface area contributed by atoms with E-state index in [1.54, 1.807) is 36.4 Å². The number of benzene rings is 2. The van der Waals surface area contributed by atoms with Crippen LogP contribution in [0.2, 0.25) is 10.0 Å². The lowest BCUT2D eigenvalue weighted by Crippen LogP contribution is -2.13. The van der Waals surface area contributed by atoms with E-state index in [9.17, 15) is 4.79 Å². The zero-order valence-corrected chi connectivity index (χ0v) is 14.1. The van der Waals surface area contributed by atoms with Crippen LogP contribution in [-0.4, -0.2) is 19.5 Å². The van der Waals surface area contributed by atoms with Crippen molar-refractivity contribution in [2.45, 2.75) is 0 Å². The van der Waals surface area contributed by atoms with Gasteiger partial charge in [-0.3, -0.25) is 4.79 Å². The van der Waals surface area contributed by atoms with Crippen molar-refractivity contribution in [2.24, 2.45) is 0 Å². The number of carbonyl (C=O) groups is 1. The molecule has 110 valence electrons. The predicted molar refractivity (Wildman–Crippen MR) is 87.0 cm³/mol. The highest BCUT2D eigenvalue weighted by Gasteiger charge is 2.14. The van der Waals surface area contributed by atoms with E-state index in [1.807, 2.05) is 0 Å². The molecule has 6 heteroatoms. The molecular weight excluding hydrogens is 379 g/mol. The Balaban J connectivity index is 2.13. The minimum absolute atomic E-state index is 0.155. The topological polar surface area (TPSA) is 35.5 Å². The number of hydrogen-bond acceptors (Lipinski definition) is 3. The maximum atomic E-state index is 12.2. The molecule has 0 radical (unpaired) electrons. The van der Waals surface area contributed by atoms with Gasteiger partial charge in [-0.15, -0.1) is 0 Å². The third-order valence-corrected chi connectivity index (χ3v) is 4.23. The van der Waals surface area contributed by atoms with Gasteiger partial charge >= 0.3 is 0 Å². The highest BCUT2D eigenvalue weighted by atomic mass is 79.9. The van der Waals surface area contributed by atoms with Crippen LogP contribution < -0.4 is 9.47 Å². The number of halogens is 3. The molecule has 2 rings (SSSR count). The van der Waals surface area contributed by atoms with E-state index in [2.05, 4.69) is 15.9 Å². The SMILES string of the molecule is COc1ccccc1C(=O)COc1cc(Cl)c(Br)cc1Cl. The Morgan fingerprint density at radius 2 is 1.86 bits per heavy atom. The molecule has 0 heterocycles. The van der Waals surface area contributed by atoms with E-state index >= 15 is 0 Å². The van der Waals surface area contributed by atoms with Gasteiger partial charge in [0.1, 0.15) is 11.5 Å². The summed E-state index contributed by atoms with van der Waals surface area (Å²) >= 11 is 15.3. The van der Waals surface area contributed by atoms with Crippen LogP contribution in [0.3, 0.4) is 0 Å². The zero-order valence-electron chi connectivity index (χ0n) is 11.0. The number of Topliss-reactive ketones (excluding diaryl/α,β-unsaturated/α-hetero) is 1. The average Bonchev–Trinajstić information content (AvgIpc) is 2.49. The fourth-order valence-electron chi connectivity index (χ4n) is 1.71. The Morgan fingerprint density at radius 1 is 1.14 bits per heavy atom.